The van der Waals surface area contributed by atoms with Gasteiger partial charge in [-0.1, -0.05) is 19.9 Å². The molecule has 0 aliphatic rings. The van der Waals surface area contributed by atoms with E-state index in [9.17, 15) is 0 Å². The lowest BCUT2D eigenvalue weighted by Gasteiger charge is -2.16. The number of anilines is 1. The molecule has 1 aromatic rings. The summed E-state index contributed by atoms with van der Waals surface area (Å²) in [5, 5.41) is 0. The molecule has 2 heteroatoms. The molecule has 0 aliphatic carbocycles. The molecule has 0 saturated heterocycles. The van der Waals surface area contributed by atoms with Crippen LogP contribution < -0.4 is 4.90 Å². The van der Waals surface area contributed by atoms with Crippen LogP contribution in [0.3, 0.4) is 0 Å². The largest absolute Gasteiger partial charge is 0.363 e. The third kappa shape index (κ3) is 2.72. The topological polar surface area (TPSA) is 16.1 Å². The molecule has 0 spiro atoms. The van der Waals surface area contributed by atoms with Crippen molar-refractivity contribution in [2.24, 2.45) is 5.92 Å². The summed E-state index contributed by atoms with van der Waals surface area (Å²) >= 11 is 0. The fourth-order valence-corrected chi connectivity index (χ4v) is 1.43. The minimum Gasteiger partial charge on any atom is -0.363 e. The van der Waals surface area contributed by atoms with Gasteiger partial charge in [-0.2, -0.15) is 0 Å². The van der Waals surface area contributed by atoms with E-state index in [-0.39, 0.29) is 0 Å². The number of rotatable bonds is 3. The van der Waals surface area contributed by atoms with E-state index in [4.69, 9.17) is 0 Å². The molecule has 1 rings (SSSR count). The van der Waals surface area contributed by atoms with Crippen molar-refractivity contribution < 1.29 is 0 Å². The highest BCUT2D eigenvalue weighted by Gasteiger charge is 2.06. The molecule has 2 nitrogen and oxygen atoms in total. The smallest absolute Gasteiger partial charge is 0.131 e. The number of nitrogens with zero attached hydrogens (tertiary/aromatic N) is 2. The first kappa shape index (κ1) is 10.0. The third-order valence-corrected chi connectivity index (χ3v) is 1.92. The predicted octanol–water partition coefficient (Wildman–Crippen LogP) is 2.35. The first-order chi connectivity index (χ1) is 6.11. The second kappa shape index (κ2) is 4.26. The van der Waals surface area contributed by atoms with Crippen LogP contribution in [0.5, 0.6) is 0 Å². The van der Waals surface area contributed by atoms with Crippen molar-refractivity contribution >= 4 is 5.82 Å². The molecule has 0 aliphatic heterocycles. The second-order valence-corrected chi connectivity index (χ2v) is 3.98. The summed E-state index contributed by atoms with van der Waals surface area (Å²) in [6, 6.07) is 4.16. The van der Waals surface area contributed by atoms with Gasteiger partial charge in [0.1, 0.15) is 5.82 Å². The lowest BCUT2D eigenvalue weighted by Crippen LogP contribution is -2.13. The summed E-state index contributed by atoms with van der Waals surface area (Å²) in [4.78, 5) is 6.42. The summed E-state index contributed by atoms with van der Waals surface area (Å²) in [7, 11) is 4.07. The zero-order valence-electron chi connectivity index (χ0n) is 8.91. The molecule has 0 radical (unpaired) electrons. The van der Waals surface area contributed by atoms with Gasteiger partial charge in [0.15, 0.2) is 0 Å². The molecule has 72 valence electrons. The van der Waals surface area contributed by atoms with Crippen molar-refractivity contribution in [3.05, 3.63) is 23.9 Å². The van der Waals surface area contributed by atoms with Gasteiger partial charge in [0.05, 0.1) is 0 Å². The van der Waals surface area contributed by atoms with E-state index in [2.05, 4.69) is 29.8 Å². The normalized spacial score (nSPS) is 10.5. The summed E-state index contributed by atoms with van der Waals surface area (Å²) in [5.41, 5.74) is 1.34. The van der Waals surface area contributed by atoms with Gasteiger partial charge < -0.3 is 4.90 Å². The Bertz CT molecular complexity index is 267. The maximum atomic E-state index is 4.36. The van der Waals surface area contributed by atoms with Gasteiger partial charge >= 0.3 is 0 Å². The summed E-state index contributed by atoms with van der Waals surface area (Å²) in [5.74, 6) is 1.78. The van der Waals surface area contributed by atoms with E-state index >= 15 is 0 Å². The molecule has 0 bridgehead atoms. The number of aromatic nitrogens is 1. The Kier molecular flexibility index (Phi) is 3.29. The molecular weight excluding hydrogens is 160 g/mol. The van der Waals surface area contributed by atoms with Crippen LogP contribution in [0.15, 0.2) is 18.3 Å². The van der Waals surface area contributed by atoms with Crippen LogP contribution >= 0.6 is 0 Å². The summed E-state index contributed by atoms with van der Waals surface area (Å²) < 4.78 is 0. The van der Waals surface area contributed by atoms with Crippen molar-refractivity contribution in [1.82, 2.24) is 4.98 Å². The van der Waals surface area contributed by atoms with Crippen molar-refractivity contribution in [3.63, 3.8) is 0 Å². The molecule has 1 aromatic heterocycles. The zero-order valence-corrected chi connectivity index (χ0v) is 8.91. The number of pyridine rings is 1. The maximum absolute atomic E-state index is 4.36. The molecule has 0 atom stereocenters. The van der Waals surface area contributed by atoms with Gasteiger partial charge in [-0.25, -0.2) is 4.98 Å². The summed E-state index contributed by atoms with van der Waals surface area (Å²) in [6.45, 7) is 4.46. The van der Waals surface area contributed by atoms with E-state index in [1.807, 2.05) is 26.4 Å². The van der Waals surface area contributed by atoms with Gasteiger partial charge in [0.2, 0.25) is 0 Å². The van der Waals surface area contributed by atoms with Gasteiger partial charge in [-0.05, 0) is 24.0 Å². The minimum absolute atomic E-state index is 0.683. The Morgan fingerprint density at radius 2 is 2.08 bits per heavy atom. The average Bonchev–Trinajstić information content (AvgIpc) is 2.03. The number of hydrogen-bond donors (Lipinski definition) is 0. The molecule has 0 unspecified atom stereocenters. The van der Waals surface area contributed by atoms with Gasteiger partial charge in [0.25, 0.3) is 0 Å². The van der Waals surface area contributed by atoms with Crippen molar-refractivity contribution in [2.75, 3.05) is 19.0 Å². The van der Waals surface area contributed by atoms with Crippen LogP contribution in [0.25, 0.3) is 0 Å². The zero-order chi connectivity index (χ0) is 9.84. The highest BCUT2D eigenvalue weighted by molar-refractivity contribution is 5.45. The van der Waals surface area contributed by atoms with E-state index in [0.717, 1.165) is 12.2 Å². The molecule has 0 fully saturated rings. The van der Waals surface area contributed by atoms with E-state index in [1.54, 1.807) is 0 Å². The Morgan fingerprint density at radius 3 is 2.62 bits per heavy atom. The van der Waals surface area contributed by atoms with E-state index in [0.29, 0.717) is 5.92 Å². The Hall–Kier alpha value is -1.05. The van der Waals surface area contributed by atoms with Gasteiger partial charge in [-0.15, -0.1) is 0 Å². The highest BCUT2D eigenvalue weighted by Crippen LogP contribution is 2.17. The van der Waals surface area contributed by atoms with Crippen LogP contribution in [0, 0.1) is 5.92 Å². The molecule has 0 N–H and O–H groups in total. The molecule has 1 heterocycles. The maximum Gasteiger partial charge on any atom is 0.131 e. The fraction of sp³-hybridized carbons (Fsp3) is 0.545. The quantitative estimate of drug-likeness (QED) is 0.706. The van der Waals surface area contributed by atoms with Crippen LogP contribution in [0.1, 0.15) is 19.4 Å². The Morgan fingerprint density at radius 1 is 1.38 bits per heavy atom. The van der Waals surface area contributed by atoms with E-state index < -0.39 is 0 Å². The summed E-state index contributed by atoms with van der Waals surface area (Å²) in [6.07, 6.45) is 2.94. The average molecular weight is 178 g/mol. The molecule has 13 heavy (non-hydrogen) atoms. The van der Waals surface area contributed by atoms with E-state index in [1.165, 1.54) is 5.56 Å². The fourth-order valence-electron chi connectivity index (χ4n) is 1.43. The first-order valence-corrected chi connectivity index (χ1v) is 4.72. The van der Waals surface area contributed by atoms with Crippen molar-refractivity contribution in [3.8, 4) is 0 Å². The molecule has 0 amide bonds. The van der Waals surface area contributed by atoms with Gasteiger partial charge in [0, 0.05) is 20.3 Å². The SMILES string of the molecule is CC(C)Cc1cccnc1N(C)C. The monoisotopic (exact) mass is 178 g/mol. The van der Waals surface area contributed by atoms with Crippen LogP contribution in [0.4, 0.5) is 5.82 Å². The lowest BCUT2D eigenvalue weighted by atomic mass is 10.0. The standard InChI is InChI=1S/C11H18N2/c1-9(2)8-10-6-5-7-12-11(10)13(3)4/h5-7,9H,8H2,1-4H3. The number of hydrogen-bond acceptors (Lipinski definition) is 2. The predicted molar refractivity (Wildman–Crippen MR) is 57.1 cm³/mol. The Labute approximate surface area is 80.6 Å². The van der Waals surface area contributed by atoms with Crippen LogP contribution in [-0.4, -0.2) is 19.1 Å². The van der Waals surface area contributed by atoms with Crippen LogP contribution in [0.2, 0.25) is 0 Å². The minimum atomic E-state index is 0.683. The highest BCUT2D eigenvalue weighted by atomic mass is 15.1. The molecular formula is C11H18N2. The van der Waals surface area contributed by atoms with Crippen molar-refractivity contribution in [2.45, 2.75) is 20.3 Å². The molecule has 0 saturated carbocycles. The van der Waals surface area contributed by atoms with Crippen LogP contribution in [-0.2, 0) is 6.42 Å². The van der Waals surface area contributed by atoms with Crippen molar-refractivity contribution in [1.29, 1.82) is 0 Å². The van der Waals surface area contributed by atoms with Gasteiger partial charge in [-0.3, -0.25) is 0 Å². The third-order valence-electron chi connectivity index (χ3n) is 1.92. The second-order valence-electron chi connectivity index (χ2n) is 3.98. The Balaban J connectivity index is 2.91. The molecule has 0 aromatic carbocycles. The first-order valence-electron chi connectivity index (χ1n) is 4.72. The lowest BCUT2D eigenvalue weighted by molar-refractivity contribution is 0.645.